The zero-order valence-electron chi connectivity index (χ0n) is 16.0. The fraction of sp³-hybridized carbons (Fsp3) is 0.217. The summed E-state index contributed by atoms with van der Waals surface area (Å²) < 4.78 is 11.0. The van der Waals surface area contributed by atoms with Crippen molar-refractivity contribution in [3.63, 3.8) is 0 Å². The highest BCUT2D eigenvalue weighted by molar-refractivity contribution is 6.02. The molecule has 28 heavy (non-hydrogen) atoms. The second kappa shape index (κ2) is 9.04. The zero-order valence-corrected chi connectivity index (χ0v) is 16.0. The smallest absolute Gasteiger partial charge is 0.340 e. The van der Waals surface area contributed by atoms with Crippen LogP contribution >= 0.6 is 0 Å². The van der Waals surface area contributed by atoms with Gasteiger partial charge in [0.05, 0.1) is 17.9 Å². The third kappa shape index (κ3) is 4.49. The van der Waals surface area contributed by atoms with E-state index in [-0.39, 0.29) is 12.5 Å². The van der Waals surface area contributed by atoms with E-state index in [0.717, 1.165) is 10.8 Å². The second-order valence-electron chi connectivity index (χ2n) is 6.28. The molecule has 0 aliphatic heterocycles. The quantitative estimate of drug-likeness (QED) is 0.600. The van der Waals surface area contributed by atoms with Crippen LogP contribution in [-0.2, 0) is 9.53 Å². The van der Waals surface area contributed by atoms with Crippen molar-refractivity contribution < 1.29 is 19.1 Å². The first-order valence-corrected chi connectivity index (χ1v) is 9.34. The van der Waals surface area contributed by atoms with Gasteiger partial charge in [0.1, 0.15) is 5.75 Å². The van der Waals surface area contributed by atoms with Crippen LogP contribution in [0.4, 0.5) is 5.69 Å². The van der Waals surface area contributed by atoms with E-state index < -0.39 is 12.1 Å². The summed E-state index contributed by atoms with van der Waals surface area (Å²) in [6, 6.07) is 20.5. The zero-order chi connectivity index (χ0) is 19.9. The Balaban J connectivity index is 1.76. The number of para-hydroxylation sites is 1. The highest BCUT2D eigenvalue weighted by atomic mass is 16.5. The summed E-state index contributed by atoms with van der Waals surface area (Å²) >= 11 is 0. The lowest BCUT2D eigenvalue weighted by atomic mass is 10.1. The Morgan fingerprint density at radius 3 is 2.39 bits per heavy atom. The van der Waals surface area contributed by atoms with E-state index in [1.807, 2.05) is 49.4 Å². The molecule has 1 N–H and O–H groups in total. The first-order chi connectivity index (χ1) is 13.6. The van der Waals surface area contributed by atoms with Crippen LogP contribution in [0.15, 0.2) is 66.7 Å². The van der Waals surface area contributed by atoms with Crippen LogP contribution in [0.25, 0.3) is 10.8 Å². The molecular weight excluding hydrogens is 354 g/mol. The van der Waals surface area contributed by atoms with Crippen molar-refractivity contribution in [1.29, 1.82) is 0 Å². The summed E-state index contributed by atoms with van der Waals surface area (Å²) in [5.74, 6) is -0.159. The number of ether oxygens (including phenoxy) is 2. The first kappa shape index (κ1) is 19.4. The minimum absolute atomic E-state index is 0.268. The molecule has 5 nitrogen and oxygen atoms in total. The van der Waals surface area contributed by atoms with Crippen molar-refractivity contribution in [2.75, 3.05) is 11.9 Å². The van der Waals surface area contributed by atoms with Gasteiger partial charge >= 0.3 is 5.97 Å². The number of hydrogen-bond acceptors (Lipinski definition) is 4. The Bertz CT molecular complexity index is 983. The van der Waals surface area contributed by atoms with Crippen molar-refractivity contribution in [3.8, 4) is 5.75 Å². The van der Waals surface area contributed by atoms with Crippen molar-refractivity contribution in [3.05, 3.63) is 72.3 Å². The number of fused-ring (bicyclic) bond motifs is 1. The third-order valence-electron chi connectivity index (χ3n) is 4.34. The predicted molar refractivity (Wildman–Crippen MR) is 110 cm³/mol. The van der Waals surface area contributed by atoms with E-state index in [1.165, 1.54) is 0 Å². The number of hydrogen-bond donors (Lipinski definition) is 1. The SMILES string of the molecule is CCOC(=O)c1ccccc1NC(=O)[C@H](CC)Oc1ccc2ccccc2c1. The molecule has 0 spiro atoms. The van der Waals surface area contributed by atoms with Crippen molar-refractivity contribution in [1.82, 2.24) is 0 Å². The van der Waals surface area contributed by atoms with Crippen molar-refractivity contribution >= 4 is 28.3 Å². The molecule has 0 aliphatic rings. The standard InChI is InChI=1S/C23H23NO4/c1-3-21(28-18-14-13-16-9-5-6-10-17(16)15-18)22(25)24-20-12-8-7-11-19(20)23(26)27-4-2/h5-15,21H,3-4H2,1-2H3,(H,24,25)/t21-/m0/s1. The van der Waals surface area contributed by atoms with Gasteiger partial charge in [0.2, 0.25) is 0 Å². The fourth-order valence-electron chi connectivity index (χ4n) is 2.92. The molecule has 3 aromatic carbocycles. The molecule has 0 saturated heterocycles. The molecule has 3 aromatic rings. The molecule has 0 unspecified atom stereocenters. The van der Waals surface area contributed by atoms with Gasteiger partial charge in [-0.25, -0.2) is 4.79 Å². The third-order valence-corrected chi connectivity index (χ3v) is 4.34. The number of benzene rings is 3. The van der Waals surface area contributed by atoms with Crippen molar-refractivity contribution in [2.45, 2.75) is 26.4 Å². The number of anilines is 1. The molecule has 144 valence electrons. The maximum Gasteiger partial charge on any atom is 0.340 e. The average Bonchev–Trinajstić information content (AvgIpc) is 2.72. The Kier molecular flexibility index (Phi) is 6.27. The normalized spacial score (nSPS) is 11.6. The highest BCUT2D eigenvalue weighted by Crippen LogP contribution is 2.23. The van der Waals surface area contributed by atoms with Crippen LogP contribution in [0.2, 0.25) is 0 Å². The van der Waals surface area contributed by atoms with E-state index in [4.69, 9.17) is 9.47 Å². The number of carbonyl (C=O) groups is 2. The molecule has 0 fully saturated rings. The van der Waals surface area contributed by atoms with Gasteiger partial charge in [0.25, 0.3) is 5.91 Å². The fourth-order valence-corrected chi connectivity index (χ4v) is 2.92. The minimum Gasteiger partial charge on any atom is -0.481 e. The van der Waals surface area contributed by atoms with Crippen LogP contribution in [-0.4, -0.2) is 24.6 Å². The van der Waals surface area contributed by atoms with Crippen molar-refractivity contribution in [2.24, 2.45) is 0 Å². The lowest BCUT2D eigenvalue weighted by Crippen LogP contribution is -2.33. The summed E-state index contributed by atoms with van der Waals surface area (Å²) in [7, 11) is 0. The van der Waals surface area contributed by atoms with E-state index in [1.54, 1.807) is 31.2 Å². The van der Waals surface area contributed by atoms with Gasteiger partial charge in [-0.2, -0.15) is 0 Å². The highest BCUT2D eigenvalue weighted by Gasteiger charge is 2.21. The lowest BCUT2D eigenvalue weighted by molar-refractivity contribution is -0.122. The largest absolute Gasteiger partial charge is 0.481 e. The Hall–Kier alpha value is -3.34. The molecule has 0 radical (unpaired) electrons. The Morgan fingerprint density at radius 1 is 0.929 bits per heavy atom. The first-order valence-electron chi connectivity index (χ1n) is 9.34. The molecular formula is C23H23NO4. The van der Waals surface area contributed by atoms with E-state index in [9.17, 15) is 9.59 Å². The molecule has 1 atom stereocenters. The maximum atomic E-state index is 12.8. The van der Waals surface area contributed by atoms with Gasteiger partial charge in [-0.3, -0.25) is 4.79 Å². The molecule has 0 aliphatic carbocycles. The van der Waals surface area contributed by atoms with E-state index in [2.05, 4.69) is 5.32 Å². The molecule has 0 heterocycles. The van der Waals surface area contributed by atoms with Gasteiger partial charge < -0.3 is 14.8 Å². The summed E-state index contributed by atoms with van der Waals surface area (Å²) in [4.78, 5) is 24.9. The Labute approximate surface area is 164 Å². The lowest BCUT2D eigenvalue weighted by Gasteiger charge is -2.18. The number of amides is 1. The molecule has 0 saturated carbocycles. The Morgan fingerprint density at radius 2 is 1.64 bits per heavy atom. The van der Waals surface area contributed by atoms with Crippen LogP contribution in [0, 0.1) is 0 Å². The molecule has 0 aromatic heterocycles. The van der Waals surface area contributed by atoms with E-state index >= 15 is 0 Å². The summed E-state index contributed by atoms with van der Waals surface area (Å²) in [6.45, 7) is 3.88. The minimum atomic E-state index is -0.684. The number of carbonyl (C=O) groups excluding carboxylic acids is 2. The second-order valence-corrected chi connectivity index (χ2v) is 6.28. The number of esters is 1. The van der Waals surface area contributed by atoms with E-state index in [0.29, 0.717) is 23.4 Å². The number of rotatable bonds is 7. The number of nitrogens with one attached hydrogen (secondary N) is 1. The van der Waals surface area contributed by atoms with Crippen LogP contribution < -0.4 is 10.1 Å². The van der Waals surface area contributed by atoms with Gasteiger partial charge in [-0.1, -0.05) is 49.4 Å². The van der Waals surface area contributed by atoms with Crippen LogP contribution in [0.1, 0.15) is 30.6 Å². The summed E-state index contributed by atoms with van der Waals surface area (Å²) in [5.41, 5.74) is 0.727. The molecule has 0 bridgehead atoms. The van der Waals surface area contributed by atoms with Gasteiger partial charge in [-0.15, -0.1) is 0 Å². The summed E-state index contributed by atoms with van der Waals surface area (Å²) in [5, 5.41) is 4.95. The monoisotopic (exact) mass is 377 g/mol. The van der Waals surface area contributed by atoms with Gasteiger partial charge in [0, 0.05) is 0 Å². The van der Waals surface area contributed by atoms with Gasteiger partial charge in [0.15, 0.2) is 6.10 Å². The van der Waals surface area contributed by atoms with Crippen LogP contribution in [0.5, 0.6) is 5.75 Å². The van der Waals surface area contributed by atoms with Crippen LogP contribution in [0.3, 0.4) is 0 Å². The maximum absolute atomic E-state index is 12.8. The topological polar surface area (TPSA) is 64.6 Å². The molecule has 1 amide bonds. The average molecular weight is 377 g/mol. The van der Waals surface area contributed by atoms with Gasteiger partial charge in [-0.05, 0) is 48.4 Å². The molecule has 5 heteroatoms. The summed E-state index contributed by atoms with van der Waals surface area (Å²) in [6.07, 6.45) is -0.198. The predicted octanol–water partition coefficient (Wildman–Crippen LogP) is 4.81. The molecule has 3 rings (SSSR count).